The number of carboxylic acid groups (broad SMARTS) is 1. The Bertz CT molecular complexity index is 209. The lowest BCUT2D eigenvalue weighted by Gasteiger charge is -2.24. The van der Waals surface area contributed by atoms with Crippen LogP contribution in [-0.2, 0) is 4.79 Å². The van der Waals surface area contributed by atoms with Crippen LogP contribution in [0.25, 0.3) is 0 Å². The summed E-state index contributed by atoms with van der Waals surface area (Å²) in [7, 11) is 0. The molecular formula is C8H14F3NO2S. The van der Waals surface area contributed by atoms with Crippen molar-refractivity contribution in [1.82, 2.24) is 4.90 Å². The van der Waals surface area contributed by atoms with E-state index in [-0.39, 0.29) is 36.6 Å². The minimum absolute atomic E-state index is 0.0741. The van der Waals surface area contributed by atoms with Crippen LogP contribution in [0.3, 0.4) is 0 Å². The molecule has 0 aromatic rings. The van der Waals surface area contributed by atoms with Gasteiger partial charge in [-0.3, -0.25) is 9.69 Å². The zero-order valence-corrected chi connectivity index (χ0v) is 9.36. The lowest BCUT2D eigenvalue weighted by atomic mass is 10.3. The van der Waals surface area contributed by atoms with Gasteiger partial charge in [0.15, 0.2) is 0 Å². The Kier molecular flexibility index (Phi) is 6.04. The fourth-order valence-corrected chi connectivity index (χ4v) is 1.53. The Hall–Kier alpha value is -0.430. The minimum atomic E-state index is -4.24. The molecule has 15 heavy (non-hydrogen) atoms. The van der Waals surface area contributed by atoms with Crippen molar-refractivity contribution in [3.63, 3.8) is 0 Å². The van der Waals surface area contributed by atoms with Crippen LogP contribution in [0.15, 0.2) is 0 Å². The van der Waals surface area contributed by atoms with Gasteiger partial charge in [-0.2, -0.15) is 13.2 Å². The number of nitrogens with zero attached hydrogens (tertiary/aromatic N) is 1. The Morgan fingerprint density at radius 3 is 2.33 bits per heavy atom. The summed E-state index contributed by atoms with van der Waals surface area (Å²) in [5, 5.41) is 8.52. The second-order valence-corrected chi connectivity index (χ2v) is 4.41. The van der Waals surface area contributed by atoms with Gasteiger partial charge in [0.05, 0.1) is 6.54 Å². The maximum Gasteiger partial charge on any atom is 0.441 e. The standard InChI is InChI=1S/C8H14F3NO2S/c1-6(2)12(5-7(13)14)3-4-15-8(9,10)11/h6H,3-5H2,1-2H3,(H,13,14). The summed E-state index contributed by atoms with van der Waals surface area (Å²) < 4.78 is 35.4. The van der Waals surface area contributed by atoms with E-state index in [1.807, 2.05) is 0 Å². The number of rotatable bonds is 6. The highest BCUT2D eigenvalue weighted by Gasteiger charge is 2.28. The van der Waals surface area contributed by atoms with Crippen LogP contribution >= 0.6 is 11.8 Å². The lowest BCUT2D eigenvalue weighted by Crippen LogP contribution is -2.37. The molecule has 7 heteroatoms. The highest BCUT2D eigenvalue weighted by atomic mass is 32.2. The average Bonchev–Trinajstić information content (AvgIpc) is 1.99. The molecule has 0 saturated heterocycles. The van der Waals surface area contributed by atoms with Gasteiger partial charge in [-0.15, -0.1) is 0 Å². The van der Waals surface area contributed by atoms with Gasteiger partial charge in [-0.1, -0.05) is 0 Å². The third-order valence-corrected chi connectivity index (χ3v) is 2.43. The molecule has 0 aromatic heterocycles. The first-order chi connectivity index (χ1) is 6.72. The van der Waals surface area contributed by atoms with Crippen molar-refractivity contribution in [3.8, 4) is 0 Å². The lowest BCUT2D eigenvalue weighted by molar-refractivity contribution is -0.138. The van der Waals surface area contributed by atoms with Gasteiger partial charge >= 0.3 is 11.5 Å². The van der Waals surface area contributed by atoms with E-state index in [1.54, 1.807) is 13.8 Å². The van der Waals surface area contributed by atoms with Crippen molar-refractivity contribution in [2.75, 3.05) is 18.8 Å². The van der Waals surface area contributed by atoms with Crippen LogP contribution in [0.2, 0.25) is 0 Å². The molecule has 0 radical (unpaired) electrons. The first kappa shape index (κ1) is 14.6. The summed E-state index contributed by atoms with van der Waals surface area (Å²) in [6.07, 6.45) is 0. The topological polar surface area (TPSA) is 40.5 Å². The van der Waals surface area contributed by atoms with Gasteiger partial charge in [-0.05, 0) is 25.6 Å². The van der Waals surface area contributed by atoms with Crippen LogP contribution < -0.4 is 0 Å². The van der Waals surface area contributed by atoms with E-state index in [1.165, 1.54) is 4.90 Å². The van der Waals surface area contributed by atoms with Crippen LogP contribution in [0.1, 0.15) is 13.8 Å². The second kappa shape index (κ2) is 6.22. The molecule has 0 aliphatic heterocycles. The van der Waals surface area contributed by atoms with Gasteiger partial charge in [0.1, 0.15) is 0 Å². The highest BCUT2D eigenvalue weighted by Crippen LogP contribution is 2.29. The predicted molar refractivity (Wildman–Crippen MR) is 52.9 cm³/mol. The average molecular weight is 245 g/mol. The number of carbonyl (C=O) groups is 1. The number of halogens is 3. The van der Waals surface area contributed by atoms with Crippen LogP contribution in [0, 0.1) is 0 Å². The van der Waals surface area contributed by atoms with E-state index in [9.17, 15) is 18.0 Å². The first-order valence-corrected chi connectivity index (χ1v) is 5.37. The zero-order valence-electron chi connectivity index (χ0n) is 8.54. The van der Waals surface area contributed by atoms with Gasteiger partial charge in [0, 0.05) is 18.3 Å². The molecule has 0 saturated carbocycles. The SMILES string of the molecule is CC(C)N(CCSC(F)(F)F)CC(=O)O. The molecule has 1 N–H and O–H groups in total. The molecule has 0 fully saturated rings. The predicted octanol–water partition coefficient (Wildman–Crippen LogP) is 2.03. The molecule has 3 nitrogen and oxygen atoms in total. The van der Waals surface area contributed by atoms with Crippen LogP contribution in [-0.4, -0.2) is 46.4 Å². The van der Waals surface area contributed by atoms with Gasteiger partial charge < -0.3 is 5.11 Å². The summed E-state index contributed by atoms with van der Waals surface area (Å²) in [5.74, 6) is -1.17. The molecule has 0 aliphatic rings. The van der Waals surface area contributed by atoms with E-state index in [0.717, 1.165) is 0 Å². The quantitative estimate of drug-likeness (QED) is 0.777. The van der Waals surface area contributed by atoms with E-state index in [4.69, 9.17) is 5.11 Å². The monoisotopic (exact) mass is 245 g/mol. The number of thioether (sulfide) groups is 1. The summed E-state index contributed by atoms with van der Waals surface area (Å²) in [4.78, 5) is 11.9. The number of hydrogen-bond acceptors (Lipinski definition) is 3. The maximum atomic E-state index is 11.8. The van der Waals surface area contributed by atoms with E-state index < -0.39 is 11.5 Å². The first-order valence-electron chi connectivity index (χ1n) is 4.39. The third kappa shape index (κ3) is 8.56. The van der Waals surface area contributed by atoms with Crippen LogP contribution in [0.4, 0.5) is 13.2 Å². The number of aliphatic carboxylic acids is 1. The normalized spacial score (nSPS) is 12.5. The van der Waals surface area contributed by atoms with Crippen molar-refractivity contribution in [3.05, 3.63) is 0 Å². The van der Waals surface area contributed by atoms with Gasteiger partial charge in [0.2, 0.25) is 0 Å². The molecule has 0 bridgehead atoms. The molecule has 0 spiro atoms. The minimum Gasteiger partial charge on any atom is -0.480 e. The number of hydrogen-bond donors (Lipinski definition) is 1. The van der Waals surface area contributed by atoms with Crippen molar-refractivity contribution in [2.45, 2.75) is 25.4 Å². The maximum absolute atomic E-state index is 11.8. The molecule has 0 heterocycles. The molecular weight excluding hydrogens is 231 g/mol. The fraction of sp³-hybridized carbons (Fsp3) is 0.875. The largest absolute Gasteiger partial charge is 0.480 e. The number of alkyl halides is 3. The summed E-state index contributed by atoms with van der Waals surface area (Å²) >= 11 is -0.128. The van der Waals surface area contributed by atoms with Crippen molar-refractivity contribution >= 4 is 17.7 Å². The summed E-state index contributed by atoms with van der Waals surface area (Å²) in [6, 6.07) is -0.0741. The van der Waals surface area contributed by atoms with Gasteiger partial charge in [0.25, 0.3) is 0 Å². The van der Waals surface area contributed by atoms with Crippen molar-refractivity contribution < 1.29 is 23.1 Å². The van der Waals surface area contributed by atoms with Crippen molar-refractivity contribution in [2.24, 2.45) is 0 Å². The molecule has 0 rings (SSSR count). The van der Waals surface area contributed by atoms with Crippen molar-refractivity contribution in [1.29, 1.82) is 0 Å². The highest BCUT2D eigenvalue weighted by molar-refractivity contribution is 8.00. The molecule has 0 aliphatic carbocycles. The van der Waals surface area contributed by atoms with Crippen LogP contribution in [0.5, 0.6) is 0 Å². The molecule has 0 aromatic carbocycles. The zero-order chi connectivity index (χ0) is 12.1. The molecule has 0 atom stereocenters. The Morgan fingerprint density at radius 2 is 2.00 bits per heavy atom. The Morgan fingerprint density at radius 1 is 1.47 bits per heavy atom. The fourth-order valence-electron chi connectivity index (χ4n) is 0.972. The Balaban J connectivity index is 3.92. The van der Waals surface area contributed by atoms with E-state index in [2.05, 4.69) is 0 Å². The molecule has 0 unspecified atom stereocenters. The third-order valence-electron chi connectivity index (χ3n) is 1.71. The summed E-state index contributed by atoms with van der Waals surface area (Å²) in [5.41, 5.74) is -4.24. The van der Waals surface area contributed by atoms with E-state index in [0.29, 0.717) is 0 Å². The second-order valence-electron chi connectivity index (χ2n) is 3.25. The van der Waals surface area contributed by atoms with Gasteiger partial charge in [-0.25, -0.2) is 0 Å². The summed E-state index contributed by atoms with van der Waals surface area (Å²) in [6.45, 7) is 3.40. The number of carboxylic acids is 1. The van der Waals surface area contributed by atoms with E-state index >= 15 is 0 Å². The molecule has 0 amide bonds. The molecule has 90 valence electrons. The smallest absolute Gasteiger partial charge is 0.441 e. The Labute approximate surface area is 90.6 Å².